The van der Waals surface area contributed by atoms with Crippen LogP contribution in [0.3, 0.4) is 0 Å². The molecule has 0 N–H and O–H groups in total. The van der Waals surface area contributed by atoms with Crippen molar-refractivity contribution in [1.82, 2.24) is 4.31 Å². The zero-order chi connectivity index (χ0) is 9.61. The lowest BCUT2D eigenvalue weighted by Gasteiger charge is -2.13. The molecule has 12 heavy (non-hydrogen) atoms. The van der Waals surface area contributed by atoms with E-state index in [1.165, 1.54) is 4.31 Å². The van der Waals surface area contributed by atoms with Gasteiger partial charge < -0.3 is 0 Å². The van der Waals surface area contributed by atoms with Crippen LogP contribution in [0.1, 0.15) is 20.3 Å². The van der Waals surface area contributed by atoms with E-state index < -0.39 is 10.0 Å². The van der Waals surface area contributed by atoms with Gasteiger partial charge in [-0.3, -0.25) is 0 Å². The van der Waals surface area contributed by atoms with Crippen LogP contribution in [-0.2, 0) is 10.0 Å². The van der Waals surface area contributed by atoms with Crippen LogP contribution in [0, 0.1) is 0 Å². The van der Waals surface area contributed by atoms with Gasteiger partial charge in [0.1, 0.15) is 0 Å². The summed E-state index contributed by atoms with van der Waals surface area (Å²) in [4.78, 5) is 0. The first-order valence-corrected chi connectivity index (χ1v) is 5.70. The second-order valence-electron chi connectivity index (χ2n) is 2.59. The summed E-state index contributed by atoms with van der Waals surface area (Å²) >= 11 is 0. The van der Waals surface area contributed by atoms with Crippen molar-refractivity contribution in [3.8, 4) is 0 Å². The average molecular weight is 191 g/mol. The summed E-state index contributed by atoms with van der Waals surface area (Å²) in [5.74, 6) is 0.210. The number of allylic oxidation sites excluding steroid dienone is 2. The normalized spacial score (nSPS) is 13.0. The van der Waals surface area contributed by atoms with Gasteiger partial charge in [-0.25, -0.2) is 12.7 Å². The Bertz CT molecular complexity index is 231. The highest BCUT2D eigenvalue weighted by Gasteiger charge is 2.13. The van der Waals surface area contributed by atoms with Gasteiger partial charge in [0.15, 0.2) is 0 Å². The summed E-state index contributed by atoms with van der Waals surface area (Å²) in [6.45, 7) is 4.25. The molecule has 3 nitrogen and oxygen atoms in total. The minimum Gasteiger partial charge on any atom is -0.212 e. The van der Waals surface area contributed by atoms with Crippen LogP contribution in [0.4, 0.5) is 0 Å². The fraction of sp³-hybridized carbons (Fsp3) is 0.750. The summed E-state index contributed by atoms with van der Waals surface area (Å²) in [7, 11) is -1.40. The van der Waals surface area contributed by atoms with Gasteiger partial charge >= 0.3 is 0 Å². The molecule has 0 saturated carbocycles. The molecule has 0 aromatic rings. The van der Waals surface area contributed by atoms with Crippen molar-refractivity contribution >= 4 is 10.0 Å². The molecule has 0 amide bonds. The summed E-state index contributed by atoms with van der Waals surface area (Å²) in [5.41, 5.74) is 0. The SMILES string of the molecule is CC=CCCS(=O)(=O)N(C)CC. The maximum absolute atomic E-state index is 11.3. The van der Waals surface area contributed by atoms with Crippen LogP contribution in [0.5, 0.6) is 0 Å². The maximum atomic E-state index is 11.3. The summed E-state index contributed by atoms with van der Waals surface area (Å²) in [6.07, 6.45) is 4.33. The third-order valence-corrected chi connectivity index (χ3v) is 3.66. The Hall–Kier alpha value is -0.350. The zero-order valence-electron chi connectivity index (χ0n) is 7.95. The van der Waals surface area contributed by atoms with Gasteiger partial charge in [-0.15, -0.1) is 0 Å². The van der Waals surface area contributed by atoms with Gasteiger partial charge in [0.2, 0.25) is 10.0 Å². The minimum atomic E-state index is -3.00. The highest BCUT2D eigenvalue weighted by molar-refractivity contribution is 7.89. The van der Waals surface area contributed by atoms with Crippen molar-refractivity contribution in [2.75, 3.05) is 19.3 Å². The fourth-order valence-corrected chi connectivity index (χ4v) is 1.88. The van der Waals surface area contributed by atoms with Crippen molar-refractivity contribution in [3.63, 3.8) is 0 Å². The Labute approximate surface area is 75.1 Å². The molecule has 72 valence electrons. The molecule has 0 spiro atoms. The van der Waals surface area contributed by atoms with E-state index in [4.69, 9.17) is 0 Å². The summed E-state index contributed by atoms with van der Waals surface area (Å²) < 4.78 is 24.0. The highest BCUT2D eigenvalue weighted by atomic mass is 32.2. The number of hydrogen-bond acceptors (Lipinski definition) is 2. The standard InChI is InChI=1S/C8H17NO2S/c1-4-6-7-8-12(10,11)9(3)5-2/h4,6H,5,7-8H2,1-3H3. The van der Waals surface area contributed by atoms with E-state index >= 15 is 0 Å². The Morgan fingerprint density at radius 1 is 1.42 bits per heavy atom. The van der Waals surface area contributed by atoms with E-state index in [9.17, 15) is 8.42 Å². The third kappa shape index (κ3) is 3.88. The van der Waals surface area contributed by atoms with E-state index in [2.05, 4.69) is 0 Å². The molecule has 0 fully saturated rings. The average Bonchev–Trinajstić information content (AvgIpc) is 2.03. The lowest BCUT2D eigenvalue weighted by molar-refractivity contribution is 0.486. The molecular weight excluding hydrogens is 174 g/mol. The van der Waals surface area contributed by atoms with Gasteiger partial charge in [-0.1, -0.05) is 19.1 Å². The third-order valence-electron chi connectivity index (χ3n) is 1.70. The van der Waals surface area contributed by atoms with Crippen LogP contribution in [0.2, 0.25) is 0 Å². The highest BCUT2D eigenvalue weighted by Crippen LogP contribution is 1.99. The Morgan fingerprint density at radius 3 is 2.42 bits per heavy atom. The monoisotopic (exact) mass is 191 g/mol. The molecular formula is C8H17NO2S. The number of hydrogen-bond donors (Lipinski definition) is 0. The second-order valence-corrected chi connectivity index (χ2v) is 4.78. The maximum Gasteiger partial charge on any atom is 0.214 e. The minimum absolute atomic E-state index is 0.210. The van der Waals surface area contributed by atoms with Crippen LogP contribution in [0.15, 0.2) is 12.2 Å². The Balaban J connectivity index is 4.05. The van der Waals surface area contributed by atoms with Crippen molar-refractivity contribution in [3.05, 3.63) is 12.2 Å². The van der Waals surface area contributed by atoms with Crippen molar-refractivity contribution in [2.45, 2.75) is 20.3 Å². The topological polar surface area (TPSA) is 37.4 Å². The summed E-state index contributed by atoms with van der Waals surface area (Å²) in [5, 5.41) is 0. The lowest BCUT2D eigenvalue weighted by Crippen LogP contribution is -2.28. The van der Waals surface area contributed by atoms with Gasteiger partial charge in [0.25, 0.3) is 0 Å². The van der Waals surface area contributed by atoms with E-state index in [0.29, 0.717) is 13.0 Å². The molecule has 0 atom stereocenters. The number of rotatable bonds is 5. The molecule has 0 unspecified atom stereocenters. The predicted molar refractivity (Wildman–Crippen MR) is 51.5 cm³/mol. The molecule has 0 rings (SSSR count). The molecule has 0 radical (unpaired) electrons. The molecule has 0 heterocycles. The Morgan fingerprint density at radius 2 is 2.00 bits per heavy atom. The lowest BCUT2D eigenvalue weighted by atomic mass is 10.4. The van der Waals surface area contributed by atoms with Crippen LogP contribution in [-0.4, -0.2) is 32.1 Å². The van der Waals surface area contributed by atoms with Gasteiger partial charge in [-0.2, -0.15) is 0 Å². The van der Waals surface area contributed by atoms with Crippen molar-refractivity contribution in [1.29, 1.82) is 0 Å². The zero-order valence-corrected chi connectivity index (χ0v) is 8.76. The van der Waals surface area contributed by atoms with E-state index in [1.54, 1.807) is 7.05 Å². The first-order chi connectivity index (χ1) is 5.54. The molecule has 0 aliphatic carbocycles. The largest absolute Gasteiger partial charge is 0.214 e. The molecule has 0 aliphatic heterocycles. The van der Waals surface area contributed by atoms with E-state index in [-0.39, 0.29) is 5.75 Å². The van der Waals surface area contributed by atoms with Gasteiger partial charge in [-0.05, 0) is 13.3 Å². The molecule has 0 bridgehead atoms. The molecule has 4 heteroatoms. The fourth-order valence-electron chi connectivity index (χ4n) is 0.736. The first-order valence-electron chi connectivity index (χ1n) is 4.09. The molecule has 0 saturated heterocycles. The van der Waals surface area contributed by atoms with Crippen LogP contribution in [0.25, 0.3) is 0 Å². The van der Waals surface area contributed by atoms with Crippen molar-refractivity contribution < 1.29 is 8.42 Å². The number of nitrogens with zero attached hydrogens (tertiary/aromatic N) is 1. The number of sulfonamides is 1. The van der Waals surface area contributed by atoms with Crippen LogP contribution >= 0.6 is 0 Å². The van der Waals surface area contributed by atoms with Gasteiger partial charge in [0, 0.05) is 13.6 Å². The molecule has 0 aliphatic rings. The van der Waals surface area contributed by atoms with Gasteiger partial charge in [0.05, 0.1) is 5.75 Å². The predicted octanol–water partition coefficient (Wildman–Crippen LogP) is 1.23. The molecule has 0 aromatic carbocycles. The second kappa shape index (κ2) is 5.32. The van der Waals surface area contributed by atoms with Crippen molar-refractivity contribution in [2.24, 2.45) is 0 Å². The summed E-state index contributed by atoms with van der Waals surface area (Å²) in [6, 6.07) is 0. The van der Waals surface area contributed by atoms with Crippen LogP contribution < -0.4 is 0 Å². The smallest absolute Gasteiger partial charge is 0.212 e. The van der Waals surface area contributed by atoms with E-state index in [1.807, 2.05) is 26.0 Å². The Kier molecular flexibility index (Phi) is 5.17. The quantitative estimate of drug-likeness (QED) is 0.613. The first kappa shape index (κ1) is 11.6. The molecule has 0 aromatic heterocycles. The van der Waals surface area contributed by atoms with E-state index in [0.717, 1.165) is 0 Å².